The number of amides is 1. The molecule has 0 saturated heterocycles. The van der Waals surface area contributed by atoms with Crippen LogP contribution in [-0.4, -0.2) is 18.0 Å². The van der Waals surface area contributed by atoms with Gasteiger partial charge in [-0.1, -0.05) is 25.1 Å². The number of benzene rings is 1. The fourth-order valence-corrected chi connectivity index (χ4v) is 1.58. The van der Waals surface area contributed by atoms with E-state index in [9.17, 15) is 9.18 Å². The molecule has 1 aromatic carbocycles. The van der Waals surface area contributed by atoms with Gasteiger partial charge in [-0.05, 0) is 31.9 Å². The molecule has 0 spiro atoms. The highest BCUT2D eigenvalue weighted by Crippen LogP contribution is 2.12. The fraction of sp³-hybridized carbons (Fsp3) is 0.500. The van der Waals surface area contributed by atoms with Gasteiger partial charge >= 0.3 is 0 Å². The maximum atomic E-state index is 13.4. The fourth-order valence-electron chi connectivity index (χ4n) is 1.58. The Bertz CT molecular complexity index is 418. The van der Waals surface area contributed by atoms with Gasteiger partial charge in [0.1, 0.15) is 5.82 Å². The zero-order chi connectivity index (χ0) is 13.8. The molecule has 1 rings (SSSR count). The summed E-state index contributed by atoms with van der Waals surface area (Å²) in [6, 6.07) is 6.52. The van der Waals surface area contributed by atoms with Crippen LogP contribution in [0.15, 0.2) is 24.3 Å². The van der Waals surface area contributed by atoms with E-state index < -0.39 is 5.54 Å². The average molecular weight is 289 g/mol. The van der Waals surface area contributed by atoms with Gasteiger partial charge in [0.25, 0.3) is 0 Å². The average Bonchev–Trinajstić information content (AvgIpc) is 2.28. The molecule has 1 aromatic rings. The highest BCUT2D eigenvalue weighted by atomic mass is 35.5. The number of halogens is 2. The van der Waals surface area contributed by atoms with Crippen molar-refractivity contribution in [1.29, 1.82) is 0 Å². The molecular weight excluding hydrogens is 267 g/mol. The van der Waals surface area contributed by atoms with E-state index in [1.807, 2.05) is 13.8 Å². The Morgan fingerprint density at radius 1 is 1.42 bits per heavy atom. The van der Waals surface area contributed by atoms with Crippen LogP contribution in [0.2, 0.25) is 0 Å². The third-order valence-corrected chi connectivity index (χ3v) is 2.65. The van der Waals surface area contributed by atoms with E-state index in [0.717, 1.165) is 0 Å². The molecule has 1 unspecified atom stereocenters. The standard InChI is InChI=1S/C14H21FN2O.ClH/c1-10(13(18)17-9-14(2,3)16)8-11-6-4-5-7-12(11)15;/h4-7,10H,8-9,16H2,1-3H3,(H,17,18);1H. The van der Waals surface area contributed by atoms with Gasteiger partial charge in [0.2, 0.25) is 5.91 Å². The Balaban J connectivity index is 0.00000324. The van der Waals surface area contributed by atoms with Crippen molar-refractivity contribution in [1.82, 2.24) is 5.32 Å². The molecule has 1 atom stereocenters. The molecular formula is C14H22ClFN2O. The quantitative estimate of drug-likeness (QED) is 0.873. The molecule has 0 bridgehead atoms. The maximum absolute atomic E-state index is 13.4. The van der Waals surface area contributed by atoms with Gasteiger partial charge in [0.15, 0.2) is 0 Å². The Hall–Kier alpha value is -1.13. The van der Waals surface area contributed by atoms with Gasteiger partial charge in [-0.15, -0.1) is 12.4 Å². The van der Waals surface area contributed by atoms with E-state index in [2.05, 4.69) is 5.32 Å². The van der Waals surface area contributed by atoms with Crippen molar-refractivity contribution in [2.24, 2.45) is 11.7 Å². The van der Waals surface area contributed by atoms with Gasteiger partial charge in [-0.25, -0.2) is 4.39 Å². The van der Waals surface area contributed by atoms with Crippen molar-refractivity contribution in [2.75, 3.05) is 6.54 Å². The number of carbonyl (C=O) groups excluding carboxylic acids is 1. The zero-order valence-electron chi connectivity index (χ0n) is 11.6. The first-order valence-electron chi connectivity index (χ1n) is 6.09. The van der Waals surface area contributed by atoms with E-state index in [-0.39, 0.29) is 30.0 Å². The molecule has 3 N–H and O–H groups in total. The molecule has 0 aromatic heterocycles. The number of rotatable bonds is 5. The van der Waals surface area contributed by atoms with Gasteiger partial charge < -0.3 is 11.1 Å². The van der Waals surface area contributed by atoms with Gasteiger partial charge in [0, 0.05) is 18.0 Å². The van der Waals surface area contributed by atoms with Crippen molar-refractivity contribution < 1.29 is 9.18 Å². The second kappa shape index (κ2) is 7.46. The SMILES string of the molecule is CC(Cc1ccccc1F)C(=O)NCC(C)(C)N.Cl. The molecule has 19 heavy (non-hydrogen) atoms. The summed E-state index contributed by atoms with van der Waals surface area (Å²) in [6.07, 6.45) is 0.392. The predicted molar refractivity (Wildman–Crippen MR) is 77.8 cm³/mol. The summed E-state index contributed by atoms with van der Waals surface area (Å²) in [4.78, 5) is 11.8. The van der Waals surface area contributed by atoms with Crippen LogP contribution in [0.4, 0.5) is 4.39 Å². The van der Waals surface area contributed by atoms with Crippen molar-refractivity contribution >= 4 is 18.3 Å². The third-order valence-electron chi connectivity index (χ3n) is 2.65. The van der Waals surface area contributed by atoms with Crippen LogP contribution in [-0.2, 0) is 11.2 Å². The highest BCUT2D eigenvalue weighted by Gasteiger charge is 2.18. The van der Waals surface area contributed by atoms with E-state index in [4.69, 9.17) is 5.73 Å². The summed E-state index contributed by atoms with van der Waals surface area (Å²) in [6.45, 7) is 5.88. The molecule has 0 aliphatic carbocycles. The number of nitrogens with one attached hydrogen (secondary N) is 1. The number of carbonyl (C=O) groups is 1. The lowest BCUT2D eigenvalue weighted by molar-refractivity contribution is -0.124. The van der Waals surface area contributed by atoms with Crippen molar-refractivity contribution in [3.8, 4) is 0 Å². The molecule has 0 heterocycles. The smallest absolute Gasteiger partial charge is 0.223 e. The summed E-state index contributed by atoms with van der Waals surface area (Å²) >= 11 is 0. The Kier molecular flexibility index (Phi) is 7.01. The molecule has 0 aliphatic heterocycles. The third kappa shape index (κ3) is 6.55. The first-order valence-corrected chi connectivity index (χ1v) is 6.09. The minimum atomic E-state index is -0.437. The summed E-state index contributed by atoms with van der Waals surface area (Å²) in [7, 11) is 0. The lowest BCUT2D eigenvalue weighted by Crippen LogP contribution is -2.46. The minimum absolute atomic E-state index is 0. The second-order valence-corrected chi connectivity index (χ2v) is 5.40. The second-order valence-electron chi connectivity index (χ2n) is 5.40. The molecule has 0 fully saturated rings. The Labute approximate surface area is 120 Å². The Morgan fingerprint density at radius 3 is 2.53 bits per heavy atom. The number of hydrogen-bond donors (Lipinski definition) is 2. The van der Waals surface area contributed by atoms with E-state index >= 15 is 0 Å². The van der Waals surface area contributed by atoms with Crippen LogP contribution in [0, 0.1) is 11.7 Å². The van der Waals surface area contributed by atoms with Crippen LogP contribution >= 0.6 is 12.4 Å². The van der Waals surface area contributed by atoms with Gasteiger partial charge in [0.05, 0.1) is 0 Å². The van der Waals surface area contributed by atoms with Crippen molar-refractivity contribution in [3.05, 3.63) is 35.6 Å². The molecule has 1 amide bonds. The van der Waals surface area contributed by atoms with E-state index in [0.29, 0.717) is 18.5 Å². The molecule has 5 heteroatoms. The highest BCUT2D eigenvalue weighted by molar-refractivity contribution is 5.85. The maximum Gasteiger partial charge on any atom is 0.223 e. The van der Waals surface area contributed by atoms with Crippen LogP contribution in [0.3, 0.4) is 0 Å². The lowest BCUT2D eigenvalue weighted by atomic mass is 9.99. The first kappa shape index (κ1) is 17.9. The Morgan fingerprint density at radius 2 is 2.00 bits per heavy atom. The minimum Gasteiger partial charge on any atom is -0.354 e. The molecule has 0 aliphatic rings. The molecule has 108 valence electrons. The summed E-state index contributed by atoms with van der Waals surface area (Å²) in [5, 5.41) is 2.78. The van der Waals surface area contributed by atoms with Crippen LogP contribution in [0.5, 0.6) is 0 Å². The molecule has 0 radical (unpaired) electrons. The zero-order valence-corrected chi connectivity index (χ0v) is 12.4. The summed E-state index contributed by atoms with van der Waals surface area (Å²) < 4.78 is 13.4. The number of hydrogen-bond acceptors (Lipinski definition) is 2. The number of nitrogens with two attached hydrogens (primary N) is 1. The topological polar surface area (TPSA) is 55.1 Å². The monoisotopic (exact) mass is 288 g/mol. The van der Waals surface area contributed by atoms with Crippen molar-refractivity contribution in [3.63, 3.8) is 0 Å². The predicted octanol–water partition coefficient (Wildman–Crippen LogP) is 2.28. The lowest BCUT2D eigenvalue weighted by Gasteiger charge is -2.20. The van der Waals surface area contributed by atoms with Crippen LogP contribution in [0.1, 0.15) is 26.3 Å². The molecule has 3 nitrogen and oxygen atoms in total. The van der Waals surface area contributed by atoms with Gasteiger partial charge in [-0.2, -0.15) is 0 Å². The largest absolute Gasteiger partial charge is 0.354 e. The molecule has 0 saturated carbocycles. The van der Waals surface area contributed by atoms with Crippen LogP contribution in [0.25, 0.3) is 0 Å². The van der Waals surface area contributed by atoms with E-state index in [1.165, 1.54) is 6.07 Å². The van der Waals surface area contributed by atoms with Crippen LogP contribution < -0.4 is 11.1 Å². The van der Waals surface area contributed by atoms with Crippen molar-refractivity contribution in [2.45, 2.75) is 32.7 Å². The van der Waals surface area contributed by atoms with Gasteiger partial charge in [-0.3, -0.25) is 4.79 Å². The summed E-state index contributed by atoms with van der Waals surface area (Å²) in [5.41, 5.74) is 5.91. The van der Waals surface area contributed by atoms with E-state index in [1.54, 1.807) is 25.1 Å². The first-order chi connectivity index (χ1) is 8.29. The normalized spacial score (nSPS) is 12.5. The summed E-state index contributed by atoms with van der Waals surface area (Å²) in [5.74, 6) is -0.641.